The minimum atomic E-state index is -4.60. The van der Waals surface area contributed by atoms with Crippen LogP contribution in [0.1, 0.15) is 5.56 Å². The van der Waals surface area contributed by atoms with Gasteiger partial charge in [-0.05, 0) is 5.56 Å². The Morgan fingerprint density at radius 3 is 2.33 bits per heavy atom. The zero-order valence-corrected chi connectivity index (χ0v) is 9.86. The molecule has 0 bridgehead atoms. The predicted molar refractivity (Wildman–Crippen MR) is 60.8 cm³/mol. The molecule has 0 radical (unpaired) electrons. The summed E-state index contributed by atoms with van der Waals surface area (Å²) in [6, 6.07) is 9.36. The first-order chi connectivity index (χ1) is 8.51. The third kappa shape index (κ3) is 6.58. The number of ether oxygens (including phenoxy) is 1. The lowest BCUT2D eigenvalue weighted by atomic mass is 10.2. The summed E-state index contributed by atoms with van der Waals surface area (Å²) in [5, 5.41) is 8.87. The van der Waals surface area contributed by atoms with Crippen molar-refractivity contribution in [1.82, 2.24) is 4.90 Å². The molecule has 6 heteroatoms. The number of rotatable bonds is 7. The van der Waals surface area contributed by atoms with Crippen molar-refractivity contribution in [3.63, 3.8) is 0 Å². The number of halogens is 3. The molecule has 1 N–H and O–H groups in total. The first-order valence-electron chi connectivity index (χ1n) is 5.59. The van der Waals surface area contributed by atoms with Crippen LogP contribution in [0, 0.1) is 0 Å². The van der Waals surface area contributed by atoms with E-state index in [0.717, 1.165) is 5.56 Å². The van der Waals surface area contributed by atoms with Crippen LogP contribution in [0.15, 0.2) is 30.3 Å². The Morgan fingerprint density at radius 1 is 1.11 bits per heavy atom. The fourth-order valence-electron chi connectivity index (χ4n) is 1.54. The SMILES string of the molecule is OCCN(CCOC(F)(F)F)Cc1ccccc1. The summed E-state index contributed by atoms with van der Waals surface area (Å²) in [4.78, 5) is 1.71. The highest BCUT2D eigenvalue weighted by Gasteiger charge is 2.28. The quantitative estimate of drug-likeness (QED) is 0.817. The molecule has 0 fully saturated rings. The predicted octanol–water partition coefficient (Wildman–Crippen LogP) is 2.02. The van der Waals surface area contributed by atoms with Crippen molar-refractivity contribution >= 4 is 0 Å². The van der Waals surface area contributed by atoms with Crippen LogP contribution in [-0.4, -0.2) is 42.7 Å². The van der Waals surface area contributed by atoms with Gasteiger partial charge < -0.3 is 5.11 Å². The van der Waals surface area contributed by atoms with Crippen LogP contribution in [0.4, 0.5) is 13.2 Å². The monoisotopic (exact) mass is 263 g/mol. The maximum absolute atomic E-state index is 11.8. The smallest absolute Gasteiger partial charge is 0.395 e. The molecule has 0 heterocycles. The summed E-state index contributed by atoms with van der Waals surface area (Å²) < 4.78 is 39.2. The second-order valence-corrected chi connectivity index (χ2v) is 3.78. The van der Waals surface area contributed by atoms with Gasteiger partial charge in [0.25, 0.3) is 0 Å². The van der Waals surface area contributed by atoms with E-state index in [1.54, 1.807) is 4.90 Å². The number of hydrogen-bond donors (Lipinski definition) is 1. The Morgan fingerprint density at radius 2 is 1.78 bits per heavy atom. The molecule has 1 aromatic carbocycles. The fourth-order valence-corrected chi connectivity index (χ4v) is 1.54. The van der Waals surface area contributed by atoms with Crippen LogP contribution in [0.2, 0.25) is 0 Å². The van der Waals surface area contributed by atoms with Crippen LogP contribution in [0.5, 0.6) is 0 Å². The van der Waals surface area contributed by atoms with E-state index >= 15 is 0 Å². The summed E-state index contributed by atoms with van der Waals surface area (Å²) in [5.41, 5.74) is 0.984. The van der Waals surface area contributed by atoms with E-state index in [2.05, 4.69) is 4.74 Å². The Bertz CT molecular complexity index is 330. The van der Waals surface area contributed by atoms with Gasteiger partial charge in [-0.2, -0.15) is 0 Å². The molecule has 0 atom stereocenters. The lowest BCUT2D eigenvalue weighted by molar-refractivity contribution is -0.325. The van der Waals surface area contributed by atoms with Crippen LogP contribution >= 0.6 is 0 Å². The van der Waals surface area contributed by atoms with Crippen molar-refractivity contribution < 1.29 is 23.0 Å². The molecular formula is C12H16F3NO2. The molecule has 0 aliphatic rings. The van der Waals surface area contributed by atoms with Gasteiger partial charge in [0.15, 0.2) is 0 Å². The summed E-state index contributed by atoms with van der Waals surface area (Å²) in [7, 11) is 0. The van der Waals surface area contributed by atoms with Gasteiger partial charge in [-0.25, -0.2) is 0 Å². The van der Waals surface area contributed by atoms with E-state index in [-0.39, 0.29) is 13.2 Å². The lowest BCUT2D eigenvalue weighted by Gasteiger charge is -2.21. The average Bonchev–Trinajstić information content (AvgIpc) is 2.29. The largest absolute Gasteiger partial charge is 0.522 e. The zero-order chi connectivity index (χ0) is 13.4. The molecule has 18 heavy (non-hydrogen) atoms. The molecular weight excluding hydrogens is 247 g/mol. The normalized spacial score (nSPS) is 12.1. The number of nitrogens with zero attached hydrogens (tertiary/aromatic N) is 1. The Labute approximate surface area is 104 Å². The number of hydrogen-bond acceptors (Lipinski definition) is 3. The van der Waals surface area contributed by atoms with Gasteiger partial charge in [0.2, 0.25) is 0 Å². The maximum Gasteiger partial charge on any atom is 0.522 e. The molecule has 0 saturated carbocycles. The maximum atomic E-state index is 11.8. The van der Waals surface area contributed by atoms with E-state index < -0.39 is 13.0 Å². The highest BCUT2D eigenvalue weighted by atomic mass is 19.4. The zero-order valence-electron chi connectivity index (χ0n) is 9.86. The Hall–Kier alpha value is -1.11. The third-order valence-electron chi connectivity index (χ3n) is 2.34. The van der Waals surface area contributed by atoms with Crippen LogP contribution in [-0.2, 0) is 11.3 Å². The van der Waals surface area contributed by atoms with E-state index in [1.165, 1.54) is 0 Å². The number of alkyl halides is 3. The van der Waals surface area contributed by atoms with E-state index in [4.69, 9.17) is 5.11 Å². The molecule has 0 amide bonds. The highest BCUT2D eigenvalue weighted by Crippen LogP contribution is 2.15. The summed E-state index contributed by atoms with van der Waals surface area (Å²) in [6.45, 7) is 0.392. The fraction of sp³-hybridized carbons (Fsp3) is 0.500. The van der Waals surface area contributed by atoms with Crippen molar-refractivity contribution in [1.29, 1.82) is 0 Å². The minimum absolute atomic E-state index is 0.0984. The summed E-state index contributed by atoms with van der Waals surface area (Å²) in [6.07, 6.45) is -4.60. The molecule has 0 unspecified atom stereocenters. The van der Waals surface area contributed by atoms with Gasteiger partial charge in [-0.1, -0.05) is 30.3 Å². The van der Waals surface area contributed by atoms with Crippen molar-refractivity contribution in [2.75, 3.05) is 26.3 Å². The van der Waals surface area contributed by atoms with E-state index in [1.807, 2.05) is 30.3 Å². The molecule has 0 saturated heterocycles. The second-order valence-electron chi connectivity index (χ2n) is 3.78. The first kappa shape index (κ1) is 14.9. The number of benzene rings is 1. The third-order valence-corrected chi connectivity index (χ3v) is 2.34. The van der Waals surface area contributed by atoms with E-state index in [9.17, 15) is 13.2 Å². The van der Waals surface area contributed by atoms with Gasteiger partial charge in [0.05, 0.1) is 13.2 Å². The Balaban J connectivity index is 2.40. The van der Waals surface area contributed by atoms with Crippen LogP contribution < -0.4 is 0 Å². The summed E-state index contributed by atoms with van der Waals surface area (Å²) in [5.74, 6) is 0. The molecule has 3 nitrogen and oxygen atoms in total. The highest BCUT2D eigenvalue weighted by molar-refractivity contribution is 5.14. The molecule has 1 aromatic rings. The van der Waals surface area contributed by atoms with Gasteiger partial charge >= 0.3 is 6.36 Å². The van der Waals surface area contributed by atoms with E-state index in [0.29, 0.717) is 13.1 Å². The van der Waals surface area contributed by atoms with Crippen molar-refractivity contribution in [2.45, 2.75) is 12.9 Å². The summed E-state index contributed by atoms with van der Waals surface area (Å²) >= 11 is 0. The van der Waals surface area contributed by atoms with Gasteiger partial charge in [0.1, 0.15) is 0 Å². The lowest BCUT2D eigenvalue weighted by Crippen LogP contribution is -2.31. The first-order valence-corrected chi connectivity index (χ1v) is 5.59. The average molecular weight is 263 g/mol. The van der Waals surface area contributed by atoms with Gasteiger partial charge in [0, 0.05) is 19.6 Å². The standard InChI is InChI=1S/C12H16F3NO2/c13-12(14,15)18-9-7-16(6-8-17)10-11-4-2-1-3-5-11/h1-5,17H,6-10H2. The molecule has 0 aliphatic carbocycles. The minimum Gasteiger partial charge on any atom is -0.395 e. The molecule has 1 rings (SSSR count). The molecule has 0 spiro atoms. The molecule has 0 aliphatic heterocycles. The van der Waals surface area contributed by atoms with Crippen LogP contribution in [0.25, 0.3) is 0 Å². The second kappa shape index (κ2) is 7.35. The van der Waals surface area contributed by atoms with Gasteiger partial charge in [-0.3, -0.25) is 9.64 Å². The van der Waals surface area contributed by atoms with Gasteiger partial charge in [-0.15, -0.1) is 13.2 Å². The van der Waals surface area contributed by atoms with Crippen molar-refractivity contribution in [3.8, 4) is 0 Å². The number of aliphatic hydroxyl groups is 1. The topological polar surface area (TPSA) is 32.7 Å². The van der Waals surface area contributed by atoms with Crippen LogP contribution in [0.3, 0.4) is 0 Å². The Kier molecular flexibility index (Phi) is 6.11. The van der Waals surface area contributed by atoms with Crippen molar-refractivity contribution in [3.05, 3.63) is 35.9 Å². The number of aliphatic hydroxyl groups excluding tert-OH is 1. The molecule has 102 valence electrons. The van der Waals surface area contributed by atoms with Crippen molar-refractivity contribution in [2.24, 2.45) is 0 Å². The molecule has 0 aromatic heterocycles.